The highest BCUT2D eigenvalue weighted by Gasteiger charge is 2.29. The Balaban J connectivity index is 1.74. The second-order valence-corrected chi connectivity index (χ2v) is 7.98. The minimum atomic E-state index is 0.405. The summed E-state index contributed by atoms with van der Waals surface area (Å²) in [5.74, 6) is 1.58. The minimum absolute atomic E-state index is 0.405. The zero-order chi connectivity index (χ0) is 20.1. The third-order valence-electron chi connectivity index (χ3n) is 5.82. The Morgan fingerprint density at radius 2 is 1.75 bits per heavy atom. The van der Waals surface area contributed by atoms with Gasteiger partial charge in [-0.2, -0.15) is 0 Å². The molecule has 0 radical (unpaired) electrons. The van der Waals surface area contributed by atoms with Crippen LogP contribution in [0.2, 0.25) is 5.02 Å². The van der Waals surface area contributed by atoms with Crippen LogP contribution in [0, 0.1) is 0 Å². The van der Waals surface area contributed by atoms with E-state index in [-0.39, 0.29) is 0 Å². The molecule has 2 aromatic rings. The van der Waals surface area contributed by atoms with E-state index >= 15 is 0 Å². The Morgan fingerprint density at radius 3 is 2.43 bits per heavy atom. The number of likely N-dealkylation sites (tertiary alicyclic amines) is 1. The maximum absolute atomic E-state index is 6.02. The Hall–Kier alpha value is -1.91. The fourth-order valence-electron chi connectivity index (χ4n) is 4.13. The van der Waals surface area contributed by atoms with Gasteiger partial charge in [0, 0.05) is 42.9 Å². The zero-order valence-electron chi connectivity index (χ0n) is 17.3. The SMILES string of the molecule is COc1ccc([C@H]2CCCC(C)N2CCN(C)c2ccc(Cl)cc2)cc1OC. The van der Waals surface area contributed by atoms with E-state index in [0.717, 1.165) is 29.6 Å². The first-order valence-corrected chi connectivity index (χ1v) is 10.4. The molecule has 1 aliphatic rings. The van der Waals surface area contributed by atoms with Gasteiger partial charge < -0.3 is 14.4 Å². The number of methoxy groups -OCH3 is 2. The fourth-order valence-corrected chi connectivity index (χ4v) is 4.26. The molecule has 0 amide bonds. The summed E-state index contributed by atoms with van der Waals surface area (Å²) in [6.45, 7) is 4.32. The first-order valence-electron chi connectivity index (χ1n) is 9.98. The first-order chi connectivity index (χ1) is 13.5. The maximum Gasteiger partial charge on any atom is 0.161 e. The molecule has 4 nitrogen and oxygen atoms in total. The number of hydrogen-bond acceptors (Lipinski definition) is 4. The average molecular weight is 403 g/mol. The molecule has 152 valence electrons. The molecule has 1 fully saturated rings. The van der Waals surface area contributed by atoms with Crippen molar-refractivity contribution in [3.05, 3.63) is 53.1 Å². The summed E-state index contributed by atoms with van der Waals surface area (Å²) in [6, 6.07) is 15.4. The molecule has 5 heteroatoms. The summed E-state index contributed by atoms with van der Waals surface area (Å²) < 4.78 is 10.9. The molecular weight excluding hydrogens is 372 g/mol. The number of hydrogen-bond donors (Lipinski definition) is 0. The molecule has 3 rings (SSSR count). The standard InChI is InChI=1S/C23H31ClN2O2/c1-17-6-5-7-21(18-8-13-22(27-3)23(16-18)28-4)26(17)15-14-25(2)20-11-9-19(24)10-12-20/h8-13,16-17,21H,5-7,14-15H2,1-4H3/t17?,21-/m1/s1. The van der Waals surface area contributed by atoms with Crippen LogP contribution in [0.1, 0.15) is 37.8 Å². The summed E-state index contributed by atoms with van der Waals surface area (Å²) in [4.78, 5) is 4.93. The quantitative estimate of drug-likeness (QED) is 0.618. The number of benzene rings is 2. The van der Waals surface area contributed by atoms with Crippen molar-refractivity contribution in [2.75, 3.05) is 39.3 Å². The van der Waals surface area contributed by atoms with Gasteiger partial charge in [-0.3, -0.25) is 4.90 Å². The van der Waals surface area contributed by atoms with Crippen LogP contribution in [-0.4, -0.2) is 45.3 Å². The topological polar surface area (TPSA) is 24.9 Å². The molecule has 1 aliphatic heterocycles. The Bertz CT molecular complexity index is 766. The molecule has 0 spiro atoms. The molecule has 2 atom stereocenters. The van der Waals surface area contributed by atoms with Crippen molar-refractivity contribution in [1.82, 2.24) is 4.90 Å². The lowest BCUT2D eigenvalue weighted by Crippen LogP contribution is -2.44. The van der Waals surface area contributed by atoms with E-state index in [9.17, 15) is 0 Å². The minimum Gasteiger partial charge on any atom is -0.493 e. The summed E-state index contributed by atoms with van der Waals surface area (Å²) in [6.07, 6.45) is 3.67. The molecule has 2 aromatic carbocycles. The Morgan fingerprint density at radius 1 is 1.04 bits per heavy atom. The summed E-state index contributed by atoms with van der Waals surface area (Å²) >= 11 is 6.02. The number of ether oxygens (including phenoxy) is 2. The van der Waals surface area contributed by atoms with Crippen molar-refractivity contribution in [2.24, 2.45) is 0 Å². The number of halogens is 1. The van der Waals surface area contributed by atoms with Crippen molar-refractivity contribution in [3.63, 3.8) is 0 Å². The largest absolute Gasteiger partial charge is 0.493 e. The van der Waals surface area contributed by atoms with Gasteiger partial charge in [-0.25, -0.2) is 0 Å². The number of anilines is 1. The third-order valence-corrected chi connectivity index (χ3v) is 6.07. The van der Waals surface area contributed by atoms with E-state index in [0.29, 0.717) is 12.1 Å². The fraction of sp³-hybridized carbons (Fsp3) is 0.478. The lowest BCUT2D eigenvalue weighted by atomic mass is 9.91. The van der Waals surface area contributed by atoms with E-state index < -0.39 is 0 Å². The van der Waals surface area contributed by atoms with Gasteiger partial charge in [0.05, 0.1) is 14.2 Å². The number of rotatable bonds is 7. The van der Waals surface area contributed by atoms with Crippen LogP contribution in [0.25, 0.3) is 0 Å². The second-order valence-electron chi connectivity index (χ2n) is 7.55. The lowest BCUT2D eigenvalue weighted by Gasteiger charge is -2.42. The van der Waals surface area contributed by atoms with Crippen LogP contribution >= 0.6 is 11.6 Å². The molecule has 0 N–H and O–H groups in total. The smallest absolute Gasteiger partial charge is 0.161 e. The van der Waals surface area contributed by atoms with Gasteiger partial charge in [0.2, 0.25) is 0 Å². The van der Waals surface area contributed by atoms with E-state index in [1.165, 1.54) is 30.5 Å². The molecule has 1 heterocycles. The van der Waals surface area contributed by atoms with E-state index in [2.05, 4.69) is 48.0 Å². The number of piperidine rings is 1. The van der Waals surface area contributed by atoms with Gasteiger partial charge >= 0.3 is 0 Å². The molecular formula is C23H31ClN2O2. The third kappa shape index (κ3) is 4.73. The van der Waals surface area contributed by atoms with Crippen LogP contribution in [-0.2, 0) is 0 Å². The van der Waals surface area contributed by atoms with Crippen molar-refractivity contribution in [2.45, 2.75) is 38.3 Å². The maximum atomic E-state index is 6.02. The van der Waals surface area contributed by atoms with E-state index in [4.69, 9.17) is 21.1 Å². The Labute approximate surface area is 174 Å². The number of likely N-dealkylation sites (N-methyl/N-ethyl adjacent to an activating group) is 1. The molecule has 1 unspecified atom stereocenters. The summed E-state index contributed by atoms with van der Waals surface area (Å²) in [5, 5.41) is 0.773. The van der Waals surface area contributed by atoms with Crippen LogP contribution in [0.3, 0.4) is 0 Å². The van der Waals surface area contributed by atoms with Crippen LogP contribution in [0.4, 0.5) is 5.69 Å². The highest BCUT2D eigenvalue weighted by molar-refractivity contribution is 6.30. The summed E-state index contributed by atoms with van der Waals surface area (Å²) in [5.41, 5.74) is 2.50. The van der Waals surface area contributed by atoms with Crippen LogP contribution < -0.4 is 14.4 Å². The summed E-state index contributed by atoms with van der Waals surface area (Å²) in [7, 11) is 5.52. The van der Waals surface area contributed by atoms with Crippen LogP contribution in [0.5, 0.6) is 11.5 Å². The van der Waals surface area contributed by atoms with Crippen molar-refractivity contribution in [3.8, 4) is 11.5 Å². The molecule has 0 aliphatic carbocycles. The van der Waals surface area contributed by atoms with Gasteiger partial charge in [-0.05, 0) is 61.7 Å². The van der Waals surface area contributed by atoms with Gasteiger partial charge in [0.25, 0.3) is 0 Å². The molecule has 0 bridgehead atoms. The van der Waals surface area contributed by atoms with Crippen molar-refractivity contribution >= 4 is 17.3 Å². The molecule has 1 saturated heterocycles. The lowest BCUT2D eigenvalue weighted by molar-refractivity contribution is 0.0959. The average Bonchev–Trinajstić information content (AvgIpc) is 2.72. The highest BCUT2D eigenvalue weighted by Crippen LogP contribution is 2.38. The predicted molar refractivity (Wildman–Crippen MR) is 117 cm³/mol. The number of nitrogens with zero attached hydrogens (tertiary/aromatic N) is 2. The van der Waals surface area contributed by atoms with Gasteiger partial charge in [0.1, 0.15) is 0 Å². The Kier molecular flexibility index (Phi) is 7.08. The van der Waals surface area contributed by atoms with Gasteiger partial charge in [0.15, 0.2) is 11.5 Å². The monoisotopic (exact) mass is 402 g/mol. The van der Waals surface area contributed by atoms with Crippen LogP contribution in [0.15, 0.2) is 42.5 Å². The second kappa shape index (κ2) is 9.53. The van der Waals surface area contributed by atoms with E-state index in [1.807, 2.05) is 18.2 Å². The highest BCUT2D eigenvalue weighted by atomic mass is 35.5. The molecule has 0 saturated carbocycles. The predicted octanol–water partition coefficient (Wildman–Crippen LogP) is 5.41. The molecule has 0 aromatic heterocycles. The van der Waals surface area contributed by atoms with Gasteiger partial charge in [-0.15, -0.1) is 0 Å². The van der Waals surface area contributed by atoms with Crippen molar-refractivity contribution in [1.29, 1.82) is 0 Å². The zero-order valence-corrected chi connectivity index (χ0v) is 18.1. The molecule has 28 heavy (non-hydrogen) atoms. The van der Waals surface area contributed by atoms with Crippen molar-refractivity contribution < 1.29 is 9.47 Å². The first kappa shape index (κ1) is 20.8. The van der Waals surface area contributed by atoms with E-state index in [1.54, 1.807) is 14.2 Å². The van der Waals surface area contributed by atoms with Gasteiger partial charge in [-0.1, -0.05) is 24.1 Å². The normalized spacial score (nSPS) is 20.0.